The van der Waals surface area contributed by atoms with Gasteiger partial charge in [-0.1, -0.05) is 0 Å². The highest BCUT2D eigenvalue weighted by atomic mass is 19.1. The number of pyridine rings is 1. The van der Waals surface area contributed by atoms with E-state index in [1.54, 1.807) is 31.5 Å². The van der Waals surface area contributed by atoms with Gasteiger partial charge in [0.15, 0.2) is 5.82 Å². The molecule has 4 aromatic rings. The highest BCUT2D eigenvalue weighted by Gasteiger charge is 2.16. The molecule has 0 saturated carbocycles. The van der Waals surface area contributed by atoms with Gasteiger partial charge in [-0.3, -0.25) is 9.78 Å². The summed E-state index contributed by atoms with van der Waals surface area (Å²) in [4.78, 5) is 25.1. The van der Waals surface area contributed by atoms with Crippen molar-refractivity contribution in [3.05, 3.63) is 72.1 Å². The minimum Gasteiger partial charge on any atom is -0.322 e. The number of hydrogen-bond acceptors (Lipinski definition) is 5. The number of halogens is 1. The van der Waals surface area contributed by atoms with Crippen LogP contribution in [0.15, 0.2) is 55.0 Å². The molecule has 0 spiro atoms. The van der Waals surface area contributed by atoms with Crippen LogP contribution in [0.3, 0.4) is 0 Å². The fraction of sp³-hybridized carbons (Fsp3) is 0.0556. The predicted molar refractivity (Wildman–Crippen MR) is 93.1 cm³/mol. The second kappa shape index (κ2) is 6.32. The van der Waals surface area contributed by atoms with Crippen LogP contribution in [-0.2, 0) is 0 Å². The maximum absolute atomic E-state index is 13.0. The molecule has 0 aliphatic heterocycles. The fourth-order valence-corrected chi connectivity index (χ4v) is 2.52. The van der Waals surface area contributed by atoms with E-state index in [1.807, 2.05) is 0 Å². The third-order valence-corrected chi connectivity index (χ3v) is 3.89. The number of aromatic nitrogens is 5. The van der Waals surface area contributed by atoms with E-state index in [0.717, 1.165) is 5.56 Å². The second-order valence-corrected chi connectivity index (χ2v) is 5.60. The number of nitrogens with one attached hydrogen (secondary N) is 1. The Morgan fingerprint density at radius 1 is 1.12 bits per heavy atom. The average Bonchev–Trinajstić information content (AvgIpc) is 3.10. The highest BCUT2D eigenvalue weighted by molar-refractivity contribution is 6.04. The Bertz CT molecular complexity index is 1090. The van der Waals surface area contributed by atoms with Crippen molar-refractivity contribution in [2.24, 2.45) is 0 Å². The Labute approximate surface area is 147 Å². The lowest BCUT2D eigenvalue weighted by Crippen LogP contribution is -2.16. The molecule has 3 heterocycles. The zero-order chi connectivity index (χ0) is 18.1. The Morgan fingerprint density at radius 3 is 2.58 bits per heavy atom. The summed E-state index contributed by atoms with van der Waals surface area (Å²) in [6, 6.07) is 9.14. The van der Waals surface area contributed by atoms with Crippen LogP contribution in [0.4, 0.5) is 10.1 Å². The number of nitrogens with zero attached hydrogens (tertiary/aromatic N) is 5. The van der Waals surface area contributed by atoms with E-state index in [9.17, 15) is 9.18 Å². The Morgan fingerprint density at radius 2 is 1.85 bits per heavy atom. The first kappa shape index (κ1) is 15.8. The second-order valence-electron chi connectivity index (χ2n) is 5.60. The summed E-state index contributed by atoms with van der Waals surface area (Å²) in [5.74, 6) is 0.171. The molecule has 0 aliphatic carbocycles. The summed E-state index contributed by atoms with van der Waals surface area (Å²) in [7, 11) is 0. The van der Waals surface area contributed by atoms with Crippen molar-refractivity contribution in [2.75, 3.05) is 5.32 Å². The SMILES string of the molecule is Cc1c(C(=O)Nc2ccc(F)cc2)cnc2nc(-c3ccncc3)nn12. The summed E-state index contributed by atoms with van der Waals surface area (Å²) < 4.78 is 14.5. The van der Waals surface area contributed by atoms with Crippen LogP contribution in [0.5, 0.6) is 0 Å². The molecule has 0 atom stereocenters. The summed E-state index contributed by atoms with van der Waals surface area (Å²) in [5.41, 5.74) is 2.25. The van der Waals surface area contributed by atoms with Gasteiger partial charge in [0.2, 0.25) is 0 Å². The van der Waals surface area contributed by atoms with E-state index in [1.165, 1.54) is 35.0 Å². The lowest BCUT2D eigenvalue weighted by atomic mass is 10.2. The summed E-state index contributed by atoms with van der Waals surface area (Å²) >= 11 is 0. The minimum atomic E-state index is -0.367. The predicted octanol–water partition coefficient (Wildman–Crippen LogP) is 2.89. The monoisotopic (exact) mass is 348 g/mol. The molecule has 7 nitrogen and oxygen atoms in total. The number of anilines is 1. The number of rotatable bonds is 3. The number of benzene rings is 1. The molecule has 0 unspecified atom stereocenters. The van der Waals surface area contributed by atoms with Crippen LogP contribution in [-0.4, -0.2) is 30.5 Å². The van der Waals surface area contributed by atoms with Crippen molar-refractivity contribution < 1.29 is 9.18 Å². The fourth-order valence-electron chi connectivity index (χ4n) is 2.52. The molecule has 0 radical (unpaired) electrons. The Kier molecular flexibility index (Phi) is 3.85. The Balaban J connectivity index is 1.69. The first-order chi connectivity index (χ1) is 12.6. The molecule has 1 aromatic carbocycles. The third kappa shape index (κ3) is 2.88. The maximum Gasteiger partial charge on any atom is 0.259 e. The smallest absolute Gasteiger partial charge is 0.259 e. The molecule has 128 valence electrons. The van der Waals surface area contributed by atoms with Gasteiger partial charge >= 0.3 is 0 Å². The van der Waals surface area contributed by atoms with Gasteiger partial charge in [0.25, 0.3) is 11.7 Å². The molecule has 0 bridgehead atoms. The first-order valence-corrected chi connectivity index (χ1v) is 7.81. The van der Waals surface area contributed by atoms with Gasteiger partial charge in [-0.15, -0.1) is 5.10 Å². The third-order valence-electron chi connectivity index (χ3n) is 3.89. The van der Waals surface area contributed by atoms with Gasteiger partial charge in [0.1, 0.15) is 5.82 Å². The van der Waals surface area contributed by atoms with Gasteiger partial charge < -0.3 is 5.32 Å². The standard InChI is InChI=1S/C18H13FN6O/c1-11-15(17(26)22-14-4-2-13(19)3-5-14)10-21-18-23-16(24-25(11)18)12-6-8-20-9-7-12/h2-10H,1H3,(H,22,26). The van der Waals surface area contributed by atoms with Crippen molar-refractivity contribution in [1.82, 2.24) is 24.6 Å². The molecule has 3 aromatic heterocycles. The van der Waals surface area contributed by atoms with E-state index < -0.39 is 0 Å². The number of fused-ring (bicyclic) bond motifs is 1. The lowest BCUT2D eigenvalue weighted by molar-refractivity contribution is 0.102. The zero-order valence-electron chi connectivity index (χ0n) is 13.7. The molecular weight excluding hydrogens is 335 g/mol. The van der Waals surface area contributed by atoms with Crippen LogP contribution < -0.4 is 5.32 Å². The van der Waals surface area contributed by atoms with Crippen molar-refractivity contribution >= 4 is 17.4 Å². The molecule has 8 heteroatoms. The van der Waals surface area contributed by atoms with Crippen molar-refractivity contribution in [2.45, 2.75) is 6.92 Å². The largest absolute Gasteiger partial charge is 0.322 e. The van der Waals surface area contributed by atoms with Gasteiger partial charge in [-0.25, -0.2) is 13.9 Å². The van der Waals surface area contributed by atoms with E-state index >= 15 is 0 Å². The molecule has 4 rings (SSSR count). The van der Waals surface area contributed by atoms with Crippen LogP contribution in [0.2, 0.25) is 0 Å². The molecule has 26 heavy (non-hydrogen) atoms. The van der Waals surface area contributed by atoms with E-state index in [-0.39, 0.29) is 11.7 Å². The summed E-state index contributed by atoms with van der Waals surface area (Å²) in [6.07, 6.45) is 4.76. The average molecular weight is 348 g/mol. The number of carbonyl (C=O) groups excluding carboxylic acids is 1. The molecular formula is C18H13FN6O. The van der Waals surface area contributed by atoms with Crippen molar-refractivity contribution in [1.29, 1.82) is 0 Å². The normalized spacial score (nSPS) is 10.8. The topological polar surface area (TPSA) is 85.1 Å². The van der Waals surface area contributed by atoms with Crippen LogP contribution in [0.1, 0.15) is 16.1 Å². The van der Waals surface area contributed by atoms with E-state index in [2.05, 4.69) is 25.4 Å². The van der Waals surface area contributed by atoms with Gasteiger partial charge in [-0.2, -0.15) is 4.98 Å². The summed E-state index contributed by atoms with van der Waals surface area (Å²) in [6.45, 7) is 1.76. The number of amides is 1. The zero-order valence-corrected chi connectivity index (χ0v) is 13.7. The van der Waals surface area contributed by atoms with Crippen LogP contribution in [0, 0.1) is 12.7 Å². The van der Waals surface area contributed by atoms with Gasteiger partial charge in [0.05, 0.1) is 11.3 Å². The van der Waals surface area contributed by atoms with Crippen LogP contribution >= 0.6 is 0 Å². The van der Waals surface area contributed by atoms with Gasteiger partial charge in [-0.05, 0) is 43.3 Å². The number of carbonyl (C=O) groups is 1. The minimum absolute atomic E-state index is 0.355. The number of aryl methyl sites for hydroxylation is 1. The van der Waals surface area contributed by atoms with Crippen molar-refractivity contribution in [3.8, 4) is 11.4 Å². The summed E-state index contributed by atoms with van der Waals surface area (Å²) in [5, 5.41) is 7.14. The highest BCUT2D eigenvalue weighted by Crippen LogP contribution is 2.17. The molecule has 0 aliphatic rings. The van der Waals surface area contributed by atoms with E-state index in [0.29, 0.717) is 28.5 Å². The lowest BCUT2D eigenvalue weighted by Gasteiger charge is -2.08. The number of hydrogen-bond donors (Lipinski definition) is 1. The molecule has 0 fully saturated rings. The molecule has 1 amide bonds. The van der Waals surface area contributed by atoms with E-state index in [4.69, 9.17) is 0 Å². The van der Waals surface area contributed by atoms with Crippen LogP contribution in [0.25, 0.3) is 17.2 Å². The molecule has 0 saturated heterocycles. The maximum atomic E-state index is 13.0. The van der Waals surface area contributed by atoms with Crippen molar-refractivity contribution in [3.63, 3.8) is 0 Å². The quantitative estimate of drug-likeness (QED) is 0.615. The Hall–Kier alpha value is -3.68. The first-order valence-electron chi connectivity index (χ1n) is 7.81. The van der Waals surface area contributed by atoms with Gasteiger partial charge in [0, 0.05) is 29.8 Å². The molecule has 1 N–H and O–H groups in total.